The number of nitrogens with zero attached hydrogens (tertiary/aromatic N) is 6. The van der Waals surface area contributed by atoms with Gasteiger partial charge in [-0.15, -0.1) is 5.10 Å². The molecule has 12 heteroatoms. The Morgan fingerprint density at radius 1 is 1.20 bits per heavy atom. The van der Waals surface area contributed by atoms with Gasteiger partial charge in [-0.05, 0) is 65.4 Å². The largest absolute Gasteiger partial charge is 0.350 e. The van der Waals surface area contributed by atoms with Crippen LogP contribution < -0.4 is 5.32 Å². The molecule has 0 spiro atoms. The Morgan fingerprint density at radius 2 is 2.00 bits per heavy atom. The fourth-order valence-corrected chi connectivity index (χ4v) is 5.85. The molecule has 0 radical (unpaired) electrons. The predicted octanol–water partition coefficient (Wildman–Crippen LogP) is 4.56. The molecule has 204 valence electrons. The van der Waals surface area contributed by atoms with Gasteiger partial charge in [0, 0.05) is 24.6 Å². The number of fused-ring (bicyclic) bond motifs is 1. The molecule has 2 aliphatic rings. The number of hydrogen-bond acceptors (Lipinski definition) is 6. The minimum absolute atomic E-state index is 0.0346. The Kier molecular flexibility index (Phi) is 6.67. The highest BCUT2D eigenvalue weighted by Crippen LogP contribution is 2.44. The van der Waals surface area contributed by atoms with Gasteiger partial charge in [-0.25, -0.2) is 9.37 Å². The molecule has 2 N–H and O–H groups in total. The van der Waals surface area contributed by atoms with Crippen molar-refractivity contribution < 1.29 is 14.0 Å². The van der Waals surface area contributed by atoms with Gasteiger partial charge in [0.05, 0.1) is 34.7 Å². The van der Waals surface area contributed by atoms with Crippen molar-refractivity contribution in [1.82, 2.24) is 40.4 Å². The number of rotatable bonds is 6. The van der Waals surface area contributed by atoms with E-state index in [1.54, 1.807) is 12.3 Å². The summed E-state index contributed by atoms with van der Waals surface area (Å²) in [5.74, 6) is -0.179. The molecule has 6 rings (SSSR count). The van der Waals surface area contributed by atoms with Gasteiger partial charge >= 0.3 is 0 Å². The first-order valence-corrected chi connectivity index (χ1v) is 13.3. The van der Waals surface area contributed by atoms with Crippen LogP contribution in [0.3, 0.4) is 0 Å². The third kappa shape index (κ3) is 4.66. The highest BCUT2D eigenvalue weighted by Gasteiger charge is 2.42. The van der Waals surface area contributed by atoms with E-state index in [4.69, 9.17) is 11.6 Å². The van der Waals surface area contributed by atoms with Gasteiger partial charge in [0.2, 0.25) is 11.8 Å². The molecule has 1 fully saturated rings. The van der Waals surface area contributed by atoms with E-state index < -0.39 is 5.82 Å². The van der Waals surface area contributed by atoms with Crippen molar-refractivity contribution in [3.63, 3.8) is 0 Å². The topological polar surface area (TPSA) is 122 Å². The zero-order valence-corrected chi connectivity index (χ0v) is 22.6. The molecule has 1 saturated heterocycles. The number of H-pyrrole nitrogens is 1. The van der Waals surface area contributed by atoms with Gasteiger partial charge in [0.25, 0.3) is 0 Å². The molecule has 4 aromatic rings. The number of amides is 2. The zero-order valence-electron chi connectivity index (χ0n) is 21.8. The van der Waals surface area contributed by atoms with Gasteiger partial charge in [-0.3, -0.25) is 9.59 Å². The normalized spacial score (nSPS) is 19.4. The van der Waals surface area contributed by atoms with Crippen LogP contribution in [0.25, 0.3) is 22.5 Å². The maximum absolute atomic E-state index is 15.3. The van der Waals surface area contributed by atoms with Crippen molar-refractivity contribution in [3.8, 4) is 16.9 Å². The molecule has 2 aromatic heterocycles. The highest BCUT2D eigenvalue weighted by molar-refractivity contribution is 6.31. The fraction of sp³-hybridized carbons (Fsp3) is 0.286. The van der Waals surface area contributed by atoms with E-state index in [-0.39, 0.29) is 40.5 Å². The Balaban J connectivity index is 1.25. The number of aromatic nitrogens is 6. The fourth-order valence-electron chi connectivity index (χ4n) is 5.70. The summed E-state index contributed by atoms with van der Waals surface area (Å²) in [7, 11) is 0. The highest BCUT2D eigenvalue weighted by atomic mass is 35.5. The van der Waals surface area contributed by atoms with Gasteiger partial charge in [-0.2, -0.15) is 4.68 Å². The number of carbonyl (C=O) groups is 2. The first kappa shape index (κ1) is 25.9. The molecule has 3 atom stereocenters. The first-order chi connectivity index (χ1) is 19.3. The summed E-state index contributed by atoms with van der Waals surface area (Å²) in [6.07, 6.45) is 6.58. The van der Waals surface area contributed by atoms with E-state index in [0.29, 0.717) is 23.5 Å². The molecule has 2 aliphatic heterocycles. The summed E-state index contributed by atoms with van der Waals surface area (Å²) >= 11 is 6.13. The number of imidazole rings is 1. The van der Waals surface area contributed by atoms with Crippen molar-refractivity contribution in [2.75, 3.05) is 0 Å². The second kappa shape index (κ2) is 10.3. The molecule has 10 nitrogen and oxygen atoms in total. The number of halogens is 2. The lowest BCUT2D eigenvalue weighted by molar-refractivity contribution is -0.129. The lowest BCUT2D eigenvalue weighted by atomic mass is 9.92. The Morgan fingerprint density at radius 3 is 2.73 bits per heavy atom. The van der Waals surface area contributed by atoms with E-state index >= 15 is 4.39 Å². The quantitative estimate of drug-likeness (QED) is 0.356. The summed E-state index contributed by atoms with van der Waals surface area (Å²) in [6.45, 7) is 3.43. The smallest absolute Gasteiger partial charge is 0.247 e. The number of hydrogen-bond donors (Lipinski definition) is 2. The van der Waals surface area contributed by atoms with E-state index in [1.807, 2.05) is 36.1 Å². The van der Waals surface area contributed by atoms with Crippen LogP contribution in [-0.4, -0.2) is 52.9 Å². The second-order valence-corrected chi connectivity index (χ2v) is 10.5. The van der Waals surface area contributed by atoms with Crippen molar-refractivity contribution in [2.45, 2.75) is 51.2 Å². The van der Waals surface area contributed by atoms with Crippen molar-refractivity contribution in [3.05, 3.63) is 82.8 Å². The molecular formula is C28H26ClFN8O2. The van der Waals surface area contributed by atoms with Crippen molar-refractivity contribution in [2.24, 2.45) is 0 Å². The molecular weight excluding hydrogens is 535 g/mol. The summed E-state index contributed by atoms with van der Waals surface area (Å²) in [6, 6.07) is 10.6. The zero-order chi connectivity index (χ0) is 28.0. The Labute approximate surface area is 234 Å². The van der Waals surface area contributed by atoms with Gasteiger partial charge in [-0.1, -0.05) is 35.9 Å². The van der Waals surface area contributed by atoms with Crippen LogP contribution in [0.5, 0.6) is 0 Å². The average molecular weight is 561 g/mol. The van der Waals surface area contributed by atoms with Gasteiger partial charge in [0.1, 0.15) is 12.2 Å². The van der Waals surface area contributed by atoms with E-state index in [9.17, 15) is 9.59 Å². The van der Waals surface area contributed by atoms with Gasteiger partial charge < -0.3 is 15.2 Å². The number of aromatic amines is 1. The first-order valence-electron chi connectivity index (χ1n) is 13.0. The number of tetrazole rings is 1. The second-order valence-electron chi connectivity index (χ2n) is 10.1. The average Bonchev–Trinajstić information content (AvgIpc) is 3.71. The molecule has 2 aromatic carbocycles. The number of benzene rings is 2. The van der Waals surface area contributed by atoms with Crippen molar-refractivity contribution >= 4 is 29.0 Å². The van der Waals surface area contributed by atoms with Crippen molar-refractivity contribution in [1.29, 1.82) is 0 Å². The van der Waals surface area contributed by atoms with Crippen LogP contribution in [0.4, 0.5) is 4.39 Å². The Hall–Kier alpha value is -4.38. The molecule has 0 saturated carbocycles. The van der Waals surface area contributed by atoms with Crippen LogP contribution in [0.15, 0.2) is 55.0 Å². The minimum Gasteiger partial charge on any atom is -0.350 e. The summed E-state index contributed by atoms with van der Waals surface area (Å²) in [5, 5.41) is 14.0. The molecule has 0 bridgehead atoms. The maximum atomic E-state index is 15.3. The maximum Gasteiger partial charge on any atom is 0.247 e. The van der Waals surface area contributed by atoms with E-state index in [0.717, 1.165) is 29.7 Å². The SMILES string of the molecule is CC(=O)N[C@H](C)c1ccc(-c2cnc([C@@H]3CCC4CC(c5c(-n6cnnn6)ccc(Cl)c5F)=CC(=O)N43)[nH]2)cc1. The Bertz CT molecular complexity index is 1620. The molecule has 4 heterocycles. The van der Waals surface area contributed by atoms with Crippen LogP contribution in [0.2, 0.25) is 5.02 Å². The monoisotopic (exact) mass is 560 g/mol. The van der Waals surface area contributed by atoms with E-state index in [1.165, 1.54) is 30.1 Å². The van der Waals surface area contributed by atoms with E-state index in [2.05, 4.69) is 30.8 Å². The third-order valence-corrected chi connectivity index (χ3v) is 7.84. The van der Waals surface area contributed by atoms with Crippen LogP contribution in [0.1, 0.15) is 62.1 Å². The summed E-state index contributed by atoms with van der Waals surface area (Å²) < 4.78 is 16.7. The summed E-state index contributed by atoms with van der Waals surface area (Å²) in [4.78, 5) is 34.7. The molecule has 40 heavy (non-hydrogen) atoms. The third-order valence-electron chi connectivity index (χ3n) is 7.55. The number of nitrogens with one attached hydrogen (secondary N) is 2. The van der Waals surface area contributed by atoms with Crippen LogP contribution in [0, 0.1) is 5.82 Å². The molecule has 2 amide bonds. The number of carbonyl (C=O) groups excluding carboxylic acids is 2. The predicted molar refractivity (Wildman–Crippen MR) is 146 cm³/mol. The van der Waals surface area contributed by atoms with Gasteiger partial charge in [0.15, 0.2) is 5.82 Å². The molecule has 1 unspecified atom stereocenters. The lowest BCUT2D eigenvalue weighted by Crippen LogP contribution is -2.39. The minimum atomic E-state index is -0.607. The molecule has 0 aliphatic carbocycles. The van der Waals surface area contributed by atoms with Crippen LogP contribution >= 0.6 is 11.6 Å². The lowest BCUT2D eigenvalue weighted by Gasteiger charge is -2.33. The standard InChI is InChI=1S/C28H26ClFN8O2/c1-15(33-16(2)39)17-3-5-18(6-4-17)22-13-31-28(34-22)24-9-7-20-11-19(12-25(40)38(20)24)26-23(37-14-32-35-36-37)10-8-21(29)27(26)30/h3-6,8,10,12-15,20,24H,7,9,11H2,1-2H3,(H,31,34)(H,33,39)/t15-,20?,24+/m1/s1. The van der Waals surface area contributed by atoms with Crippen LogP contribution in [-0.2, 0) is 9.59 Å². The summed E-state index contributed by atoms with van der Waals surface area (Å²) in [5.41, 5.74) is 4.00.